The number of ether oxygens (including phenoxy) is 1. The molecule has 0 saturated carbocycles. The van der Waals surface area contributed by atoms with Crippen LogP contribution < -0.4 is 11.1 Å². The van der Waals surface area contributed by atoms with E-state index >= 15 is 0 Å². The number of nitrogens with one attached hydrogen (secondary N) is 1. The van der Waals surface area contributed by atoms with Crippen LogP contribution in [0.5, 0.6) is 0 Å². The van der Waals surface area contributed by atoms with E-state index in [0.29, 0.717) is 45.8 Å². The summed E-state index contributed by atoms with van der Waals surface area (Å²) in [5.41, 5.74) is 5.90. The molecule has 1 atom stereocenters. The molecule has 1 fully saturated rings. The van der Waals surface area contributed by atoms with Crippen molar-refractivity contribution >= 4 is 11.8 Å². The Morgan fingerprint density at radius 3 is 2.50 bits per heavy atom. The van der Waals surface area contributed by atoms with Crippen molar-refractivity contribution in [2.45, 2.75) is 18.9 Å². The summed E-state index contributed by atoms with van der Waals surface area (Å²) in [5.74, 6) is 0.00161. The highest BCUT2D eigenvalue weighted by molar-refractivity contribution is 5.81. The van der Waals surface area contributed by atoms with Crippen LogP contribution in [0.25, 0.3) is 0 Å². The van der Waals surface area contributed by atoms with Crippen molar-refractivity contribution < 1.29 is 14.3 Å². The van der Waals surface area contributed by atoms with Crippen molar-refractivity contribution in [2.24, 2.45) is 5.73 Å². The highest BCUT2D eigenvalue weighted by Gasteiger charge is 2.25. The lowest BCUT2D eigenvalue weighted by molar-refractivity contribution is -0.134. The van der Waals surface area contributed by atoms with Gasteiger partial charge in [-0.15, -0.1) is 0 Å². The van der Waals surface area contributed by atoms with Gasteiger partial charge in [-0.3, -0.25) is 14.5 Å². The fraction of sp³-hybridized carbons (Fsp3) is 0.846. The standard InChI is InChI=1S/C13H26N4O3/c1-15-12(18)10-16-5-7-17(8-6-16)13(19)11(14)4-3-9-20-2/h11H,3-10,14H2,1-2H3,(H,15,18). The zero-order chi connectivity index (χ0) is 15.0. The molecule has 7 heteroatoms. The van der Waals surface area contributed by atoms with Gasteiger partial charge in [0, 0.05) is 46.9 Å². The number of amides is 2. The van der Waals surface area contributed by atoms with Gasteiger partial charge in [0.15, 0.2) is 0 Å². The quantitative estimate of drug-likeness (QED) is 0.564. The Balaban J connectivity index is 2.29. The molecular weight excluding hydrogens is 260 g/mol. The molecule has 1 aliphatic heterocycles. The van der Waals surface area contributed by atoms with Gasteiger partial charge in [-0.1, -0.05) is 0 Å². The molecule has 0 radical (unpaired) electrons. The van der Waals surface area contributed by atoms with E-state index in [4.69, 9.17) is 10.5 Å². The summed E-state index contributed by atoms with van der Waals surface area (Å²) in [6.07, 6.45) is 1.44. The number of carbonyl (C=O) groups is 2. The lowest BCUT2D eigenvalue weighted by Gasteiger charge is -2.35. The molecule has 1 saturated heterocycles. The predicted octanol–water partition coefficient (Wildman–Crippen LogP) is -1.37. The Morgan fingerprint density at radius 1 is 1.30 bits per heavy atom. The predicted molar refractivity (Wildman–Crippen MR) is 76.2 cm³/mol. The molecular formula is C13H26N4O3. The van der Waals surface area contributed by atoms with E-state index in [0.717, 1.165) is 6.42 Å². The monoisotopic (exact) mass is 286 g/mol. The van der Waals surface area contributed by atoms with E-state index < -0.39 is 6.04 Å². The topological polar surface area (TPSA) is 87.9 Å². The molecule has 3 N–H and O–H groups in total. The molecule has 7 nitrogen and oxygen atoms in total. The van der Waals surface area contributed by atoms with Crippen molar-refractivity contribution in [1.82, 2.24) is 15.1 Å². The van der Waals surface area contributed by atoms with Crippen molar-refractivity contribution in [2.75, 3.05) is 53.5 Å². The van der Waals surface area contributed by atoms with E-state index in [1.165, 1.54) is 0 Å². The van der Waals surface area contributed by atoms with Crippen LogP contribution in [0.4, 0.5) is 0 Å². The average molecular weight is 286 g/mol. The van der Waals surface area contributed by atoms with E-state index in [1.807, 2.05) is 4.90 Å². The minimum Gasteiger partial charge on any atom is -0.385 e. The maximum absolute atomic E-state index is 12.1. The van der Waals surface area contributed by atoms with Crippen LogP contribution in [0.2, 0.25) is 0 Å². The molecule has 0 bridgehead atoms. The fourth-order valence-corrected chi connectivity index (χ4v) is 2.21. The Labute approximate surface area is 120 Å². The minimum absolute atomic E-state index is 0.000645. The normalized spacial score (nSPS) is 17.9. The molecule has 0 aliphatic carbocycles. The van der Waals surface area contributed by atoms with Crippen LogP contribution in [0, 0.1) is 0 Å². The van der Waals surface area contributed by atoms with E-state index in [2.05, 4.69) is 5.32 Å². The third-order valence-electron chi connectivity index (χ3n) is 3.51. The highest BCUT2D eigenvalue weighted by atomic mass is 16.5. The summed E-state index contributed by atoms with van der Waals surface area (Å²) in [6, 6.07) is -0.448. The largest absolute Gasteiger partial charge is 0.385 e. The van der Waals surface area contributed by atoms with Gasteiger partial charge in [0.25, 0.3) is 0 Å². The summed E-state index contributed by atoms with van der Waals surface area (Å²) in [7, 11) is 3.26. The first kappa shape index (κ1) is 16.9. The van der Waals surface area contributed by atoms with Gasteiger partial charge >= 0.3 is 0 Å². The molecule has 1 heterocycles. The third-order valence-corrected chi connectivity index (χ3v) is 3.51. The number of hydrogen-bond acceptors (Lipinski definition) is 5. The molecule has 1 aliphatic rings. The third kappa shape index (κ3) is 5.44. The van der Waals surface area contributed by atoms with Gasteiger partial charge in [-0.05, 0) is 12.8 Å². The van der Waals surface area contributed by atoms with Gasteiger partial charge in [0.2, 0.25) is 11.8 Å². The number of likely N-dealkylation sites (N-methyl/N-ethyl adjacent to an activating group) is 1. The van der Waals surface area contributed by atoms with Crippen LogP contribution in [-0.2, 0) is 14.3 Å². The van der Waals surface area contributed by atoms with Gasteiger partial charge in [0.05, 0.1) is 12.6 Å². The zero-order valence-corrected chi connectivity index (χ0v) is 12.4. The maximum Gasteiger partial charge on any atom is 0.239 e. The first-order valence-electron chi connectivity index (χ1n) is 7.04. The van der Waals surface area contributed by atoms with E-state index in [9.17, 15) is 9.59 Å². The number of piperazine rings is 1. The summed E-state index contributed by atoms with van der Waals surface area (Å²) in [6.45, 7) is 3.70. The fourth-order valence-electron chi connectivity index (χ4n) is 2.21. The summed E-state index contributed by atoms with van der Waals surface area (Å²) in [5, 5.41) is 2.60. The number of nitrogens with two attached hydrogens (primary N) is 1. The molecule has 1 rings (SSSR count). The van der Waals surface area contributed by atoms with Gasteiger partial charge in [-0.2, -0.15) is 0 Å². The van der Waals surface area contributed by atoms with Crippen LogP contribution >= 0.6 is 0 Å². The number of methoxy groups -OCH3 is 1. The molecule has 2 amide bonds. The summed E-state index contributed by atoms with van der Waals surface area (Å²) < 4.78 is 4.95. The Morgan fingerprint density at radius 2 is 1.95 bits per heavy atom. The maximum atomic E-state index is 12.1. The molecule has 116 valence electrons. The van der Waals surface area contributed by atoms with Crippen LogP contribution in [0.1, 0.15) is 12.8 Å². The van der Waals surface area contributed by atoms with Crippen LogP contribution in [0.3, 0.4) is 0 Å². The first-order valence-corrected chi connectivity index (χ1v) is 7.04. The van der Waals surface area contributed by atoms with Crippen LogP contribution in [0.15, 0.2) is 0 Å². The zero-order valence-electron chi connectivity index (χ0n) is 12.4. The molecule has 0 aromatic carbocycles. The molecule has 0 spiro atoms. The van der Waals surface area contributed by atoms with E-state index in [1.54, 1.807) is 19.1 Å². The van der Waals surface area contributed by atoms with Crippen molar-refractivity contribution in [3.8, 4) is 0 Å². The first-order chi connectivity index (χ1) is 9.58. The smallest absolute Gasteiger partial charge is 0.239 e. The van der Waals surface area contributed by atoms with E-state index in [-0.39, 0.29) is 11.8 Å². The molecule has 0 aromatic rings. The number of nitrogens with zero attached hydrogens (tertiary/aromatic N) is 2. The Bertz CT molecular complexity index is 317. The Kier molecular flexibility index (Phi) is 7.50. The molecule has 0 aromatic heterocycles. The van der Waals surface area contributed by atoms with Crippen molar-refractivity contribution in [3.05, 3.63) is 0 Å². The van der Waals surface area contributed by atoms with Crippen LogP contribution in [-0.4, -0.2) is 81.1 Å². The van der Waals surface area contributed by atoms with Crippen molar-refractivity contribution in [1.29, 1.82) is 0 Å². The number of carbonyl (C=O) groups excluding carboxylic acids is 2. The summed E-state index contributed by atoms with van der Waals surface area (Å²) in [4.78, 5) is 27.3. The lowest BCUT2D eigenvalue weighted by atomic mass is 10.1. The molecule has 20 heavy (non-hydrogen) atoms. The number of hydrogen-bond donors (Lipinski definition) is 2. The number of rotatable bonds is 7. The highest BCUT2D eigenvalue weighted by Crippen LogP contribution is 2.06. The SMILES string of the molecule is CNC(=O)CN1CCN(C(=O)C(N)CCCOC)CC1. The summed E-state index contributed by atoms with van der Waals surface area (Å²) >= 11 is 0. The second-order valence-corrected chi connectivity index (χ2v) is 5.02. The lowest BCUT2D eigenvalue weighted by Crippen LogP contribution is -2.54. The Hall–Kier alpha value is -1.18. The van der Waals surface area contributed by atoms with Gasteiger partial charge in [0.1, 0.15) is 0 Å². The van der Waals surface area contributed by atoms with Gasteiger partial charge in [-0.25, -0.2) is 0 Å². The second-order valence-electron chi connectivity index (χ2n) is 5.02. The second kappa shape index (κ2) is 8.89. The van der Waals surface area contributed by atoms with Crippen molar-refractivity contribution in [3.63, 3.8) is 0 Å². The average Bonchev–Trinajstić information content (AvgIpc) is 2.47. The molecule has 1 unspecified atom stereocenters. The van der Waals surface area contributed by atoms with Gasteiger partial charge < -0.3 is 20.7 Å². The minimum atomic E-state index is -0.448.